The SMILES string of the molecule is O=C(N[C@H]1CN2CCC1CC2)n1ccc(Cl)c1. The molecule has 0 radical (unpaired) electrons. The van der Waals surface area contributed by atoms with Crippen molar-refractivity contribution in [3.05, 3.63) is 23.5 Å². The van der Waals surface area contributed by atoms with Gasteiger partial charge in [0.05, 0.1) is 5.02 Å². The standard InChI is InChI=1S/C12H16ClN3O/c13-10-3-6-16(7-10)12(17)14-11-8-15-4-1-9(11)2-5-15/h3,6-7,9,11H,1-2,4-5,8H2,(H,14,17)/t11-/m0/s1. The zero-order valence-electron chi connectivity index (χ0n) is 9.60. The molecule has 3 aliphatic rings. The number of fused-ring (bicyclic) bond motifs is 3. The van der Waals surface area contributed by atoms with Gasteiger partial charge in [-0.1, -0.05) is 11.6 Å². The van der Waals surface area contributed by atoms with Crippen LogP contribution in [0.15, 0.2) is 18.5 Å². The molecule has 1 aromatic rings. The molecular weight excluding hydrogens is 238 g/mol. The zero-order valence-corrected chi connectivity index (χ0v) is 10.4. The molecule has 17 heavy (non-hydrogen) atoms. The van der Waals surface area contributed by atoms with Gasteiger partial charge >= 0.3 is 6.03 Å². The van der Waals surface area contributed by atoms with Crippen molar-refractivity contribution >= 4 is 17.6 Å². The molecular formula is C12H16ClN3O. The van der Waals surface area contributed by atoms with Crippen LogP contribution in [0.25, 0.3) is 0 Å². The number of nitrogens with one attached hydrogen (secondary N) is 1. The number of carbonyl (C=O) groups excluding carboxylic acids is 1. The monoisotopic (exact) mass is 253 g/mol. The molecule has 0 spiro atoms. The summed E-state index contributed by atoms with van der Waals surface area (Å²) in [5, 5.41) is 3.70. The lowest BCUT2D eigenvalue weighted by Gasteiger charge is -2.44. The molecule has 5 heteroatoms. The Labute approximate surface area is 106 Å². The van der Waals surface area contributed by atoms with E-state index in [2.05, 4.69) is 10.2 Å². The average Bonchev–Trinajstić information content (AvgIpc) is 2.77. The minimum absolute atomic E-state index is 0.0735. The number of carbonyl (C=O) groups is 1. The zero-order chi connectivity index (χ0) is 11.8. The normalized spacial score (nSPS) is 31.5. The van der Waals surface area contributed by atoms with Crippen molar-refractivity contribution in [2.45, 2.75) is 18.9 Å². The van der Waals surface area contributed by atoms with E-state index in [1.54, 1.807) is 18.5 Å². The Morgan fingerprint density at radius 1 is 1.41 bits per heavy atom. The highest BCUT2D eigenvalue weighted by Crippen LogP contribution is 2.27. The molecule has 0 aliphatic carbocycles. The van der Waals surface area contributed by atoms with Crippen molar-refractivity contribution in [1.29, 1.82) is 0 Å². The molecule has 0 saturated carbocycles. The van der Waals surface area contributed by atoms with E-state index in [0.717, 1.165) is 6.54 Å². The van der Waals surface area contributed by atoms with E-state index >= 15 is 0 Å². The van der Waals surface area contributed by atoms with Gasteiger partial charge in [0, 0.05) is 25.0 Å². The van der Waals surface area contributed by atoms with Crippen LogP contribution in [0.1, 0.15) is 12.8 Å². The number of halogens is 1. The van der Waals surface area contributed by atoms with Crippen molar-refractivity contribution in [3.8, 4) is 0 Å². The van der Waals surface area contributed by atoms with Crippen LogP contribution >= 0.6 is 11.6 Å². The van der Waals surface area contributed by atoms with Crippen LogP contribution in [0.2, 0.25) is 5.02 Å². The first-order valence-electron chi connectivity index (χ1n) is 6.09. The first-order chi connectivity index (χ1) is 8.22. The molecule has 1 amide bonds. The maximum absolute atomic E-state index is 12.0. The van der Waals surface area contributed by atoms with Gasteiger partial charge in [0.15, 0.2) is 0 Å². The molecule has 2 bridgehead atoms. The first kappa shape index (κ1) is 11.1. The predicted molar refractivity (Wildman–Crippen MR) is 66.3 cm³/mol. The lowest BCUT2D eigenvalue weighted by Crippen LogP contribution is -2.57. The van der Waals surface area contributed by atoms with Gasteiger partial charge in [0.1, 0.15) is 0 Å². The predicted octanol–water partition coefficient (Wildman–Crippen LogP) is 1.79. The third-order valence-corrected chi connectivity index (χ3v) is 4.08. The van der Waals surface area contributed by atoms with Gasteiger partial charge in [-0.05, 0) is 37.9 Å². The lowest BCUT2D eigenvalue weighted by molar-refractivity contribution is 0.0767. The van der Waals surface area contributed by atoms with E-state index in [1.807, 2.05) is 0 Å². The quantitative estimate of drug-likeness (QED) is 0.829. The fraction of sp³-hybridized carbons (Fsp3) is 0.583. The van der Waals surface area contributed by atoms with Crippen molar-refractivity contribution in [3.63, 3.8) is 0 Å². The van der Waals surface area contributed by atoms with Crippen molar-refractivity contribution in [2.75, 3.05) is 19.6 Å². The van der Waals surface area contributed by atoms with E-state index in [-0.39, 0.29) is 6.03 Å². The highest BCUT2D eigenvalue weighted by atomic mass is 35.5. The second-order valence-electron chi connectivity index (χ2n) is 4.93. The Balaban J connectivity index is 1.65. The fourth-order valence-corrected chi connectivity index (χ4v) is 3.02. The molecule has 4 nitrogen and oxygen atoms in total. The summed E-state index contributed by atoms with van der Waals surface area (Å²) >= 11 is 5.80. The van der Waals surface area contributed by atoms with Crippen molar-refractivity contribution < 1.29 is 4.79 Å². The minimum Gasteiger partial charge on any atom is -0.333 e. The highest BCUT2D eigenvalue weighted by molar-refractivity contribution is 6.30. The second-order valence-corrected chi connectivity index (χ2v) is 5.37. The number of hydrogen-bond acceptors (Lipinski definition) is 2. The summed E-state index contributed by atoms with van der Waals surface area (Å²) < 4.78 is 1.51. The molecule has 1 aromatic heterocycles. The third-order valence-electron chi connectivity index (χ3n) is 3.86. The molecule has 3 saturated heterocycles. The van der Waals surface area contributed by atoms with E-state index in [1.165, 1.54) is 30.5 Å². The van der Waals surface area contributed by atoms with Crippen LogP contribution in [0, 0.1) is 5.92 Å². The van der Waals surface area contributed by atoms with Crippen molar-refractivity contribution in [2.24, 2.45) is 5.92 Å². The summed E-state index contributed by atoms with van der Waals surface area (Å²) in [6, 6.07) is 1.94. The van der Waals surface area contributed by atoms with Crippen LogP contribution in [0.3, 0.4) is 0 Å². The molecule has 0 unspecified atom stereocenters. The van der Waals surface area contributed by atoms with E-state index in [4.69, 9.17) is 11.6 Å². The highest BCUT2D eigenvalue weighted by Gasteiger charge is 2.34. The van der Waals surface area contributed by atoms with Gasteiger partial charge in [0.25, 0.3) is 0 Å². The number of amides is 1. The minimum atomic E-state index is -0.0735. The van der Waals surface area contributed by atoms with Crippen molar-refractivity contribution in [1.82, 2.24) is 14.8 Å². The number of piperidine rings is 3. The lowest BCUT2D eigenvalue weighted by atomic mass is 9.84. The number of aromatic nitrogens is 1. The number of hydrogen-bond donors (Lipinski definition) is 1. The fourth-order valence-electron chi connectivity index (χ4n) is 2.86. The van der Waals surface area contributed by atoms with Crippen LogP contribution in [0.4, 0.5) is 4.79 Å². The Kier molecular flexibility index (Phi) is 2.84. The van der Waals surface area contributed by atoms with Gasteiger partial charge < -0.3 is 10.2 Å². The van der Waals surface area contributed by atoms with Crippen LogP contribution in [0.5, 0.6) is 0 Å². The maximum Gasteiger partial charge on any atom is 0.325 e. The Morgan fingerprint density at radius 3 is 2.71 bits per heavy atom. The summed E-state index contributed by atoms with van der Waals surface area (Å²) in [6.07, 6.45) is 5.74. The van der Waals surface area contributed by atoms with E-state index in [0.29, 0.717) is 17.0 Å². The summed E-state index contributed by atoms with van der Waals surface area (Å²) in [4.78, 5) is 14.4. The topological polar surface area (TPSA) is 37.3 Å². The summed E-state index contributed by atoms with van der Waals surface area (Å²) in [5.41, 5.74) is 0. The summed E-state index contributed by atoms with van der Waals surface area (Å²) in [6.45, 7) is 3.37. The third kappa shape index (κ3) is 2.19. The summed E-state index contributed by atoms with van der Waals surface area (Å²) in [7, 11) is 0. The van der Waals surface area contributed by atoms with E-state index < -0.39 is 0 Å². The summed E-state index contributed by atoms with van der Waals surface area (Å²) in [5.74, 6) is 0.648. The van der Waals surface area contributed by atoms with Gasteiger partial charge in [-0.15, -0.1) is 0 Å². The average molecular weight is 254 g/mol. The van der Waals surface area contributed by atoms with Crippen LogP contribution < -0.4 is 5.32 Å². The Bertz CT molecular complexity index is 423. The molecule has 3 aliphatic heterocycles. The second kappa shape index (κ2) is 4.35. The first-order valence-corrected chi connectivity index (χ1v) is 6.47. The molecule has 1 N–H and O–H groups in total. The van der Waals surface area contributed by atoms with Gasteiger partial charge in [-0.3, -0.25) is 4.57 Å². The van der Waals surface area contributed by atoms with Crippen LogP contribution in [-0.4, -0.2) is 41.2 Å². The molecule has 0 aromatic carbocycles. The smallest absolute Gasteiger partial charge is 0.325 e. The molecule has 92 valence electrons. The number of nitrogens with zero attached hydrogens (tertiary/aromatic N) is 2. The molecule has 4 heterocycles. The van der Waals surface area contributed by atoms with Gasteiger partial charge in [-0.25, -0.2) is 4.79 Å². The molecule has 1 atom stereocenters. The van der Waals surface area contributed by atoms with Gasteiger partial charge in [0.2, 0.25) is 0 Å². The number of rotatable bonds is 1. The largest absolute Gasteiger partial charge is 0.333 e. The van der Waals surface area contributed by atoms with E-state index in [9.17, 15) is 4.79 Å². The Morgan fingerprint density at radius 2 is 2.18 bits per heavy atom. The molecule has 4 rings (SSSR count). The Hall–Kier alpha value is -1.00. The maximum atomic E-state index is 12.0. The van der Waals surface area contributed by atoms with Crippen LogP contribution in [-0.2, 0) is 0 Å². The van der Waals surface area contributed by atoms with Gasteiger partial charge in [-0.2, -0.15) is 0 Å². The molecule has 3 fully saturated rings.